The summed E-state index contributed by atoms with van der Waals surface area (Å²) in [6.45, 7) is 1.96. The molecule has 14 nitrogen and oxygen atoms in total. The van der Waals surface area contributed by atoms with Gasteiger partial charge in [0.05, 0.1) is 30.6 Å². The van der Waals surface area contributed by atoms with Crippen LogP contribution in [0.2, 0.25) is 0 Å². The number of carbonyl (C=O) groups is 4. The minimum Gasteiger partial charge on any atom is -0.351 e. The highest BCUT2D eigenvalue weighted by Gasteiger charge is 2.33. The fraction of sp³-hybridized carbons (Fsp3) is 0.440. The van der Waals surface area contributed by atoms with E-state index in [2.05, 4.69) is 10.6 Å². The van der Waals surface area contributed by atoms with E-state index in [-0.39, 0.29) is 68.7 Å². The Bertz CT molecular complexity index is 2320. The molecule has 0 heterocycles. The lowest BCUT2D eigenvalue weighted by atomic mass is 9.90. The number of hydrogen-bond donors (Lipinski definition) is 4. The monoisotopic (exact) mass is 944 g/mol. The number of hydrogen-bond acceptors (Lipinski definition) is 10. The minimum absolute atomic E-state index is 0.136. The molecule has 4 aromatic rings. The van der Waals surface area contributed by atoms with Crippen molar-refractivity contribution in [2.24, 2.45) is 23.3 Å². The lowest BCUT2D eigenvalue weighted by Gasteiger charge is -2.30. The molecule has 0 bridgehead atoms. The van der Waals surface area contributed by atoms with Gasteiger partial charge in [-0.2, -0.15) is 8.61 Å². The third-order valence-electron chi connectivity index (χ3n) is 11.3. The van der Waals surface area contributed by atoms with Crippen LogP contribution < -0.4 is 22.1 Å². The first-order valence-corrected chi connectivity index (χ1v) is 26.0. The van der Waals surface area contributed by atoms with Gasteiger partial charge in [0.1, 0.15) is 5.78 Å². The molecule has 0 saturated carbocycles. The Hall–Kier alpha value is -5.10. The lowest BCUT2D eigenvalue weighted by molar-refractivity contribution is -0.128. The van der Waals surface area contributed by atoms with Crippen LogP contribution in [0.5, 0.6) is 0 Å². The van der Waals surface area contributed by atoms with Crippen LogP contribution in [0.4, 0.5) is 0 Å². The molecule has 66 heavy (non-hydrogen) atoms. The average molecular weight is 945 g/mol. The van der Waals surface area contributed by atoms with Gasteiger partial charge in [0, 0.05) is 38.0 Å². The molecular formula is C50H68N6O8S2. The fourth-order valence-corrected chi connectivity index (χ4v) is 10.9. The van der Waals surface area contributed by atoms with E-state index in [1.165, 1.54) is 6.92 Å². The molecular weight excluding hydrogens is 877 g/mol. The van der Waals surface area contributed by atoms with E-state index < -0.39 is 62.2 Å². The Morgan fingerprint density at radius 1 is 0.606 bits per heavy atom. The number of benzene rings is 4. The molecule has 16 heteroatoms. The van der Waals surface area contributed by atoms with Crippen LogP contribution >= 0.6 is 0 Å². The highest BCUT2D eigenvalue weighted by Crippen LogP contribution is 2.22. The average Bonchev–Trinajstić information content (AvgIpc) is 3.28. The zero-order valence-corrected chi connectivity index (χ0v) is 39.9. The second-order valence-corrected chi connectivity index (χ2v) is 21.0. The van der Waals surface area contributed by atoms with Crippen LogP contribution in [0.1, 0.15) is 68.2 Å². The molecule has 4 atom stereocenters. The fourth-order valence-electron chi connectivity index (χ4n) is 7.97. The number of amides is 2. The molecule has 6 N–H and O–H groups in total. The zero-order chi connectivity index (χ0) is 48.0. The second-order valence-electron chi connectivity index (χ2n) is 17.0. The number of ketones is 2. The second kappa shape index (κ2) is 27.5. The first-order chi connectivity index (χ1) is 31.6. The van der Waals surface area contributed by atoms with Crippen molar-refractivity contribution in [3.8, 4) is 0 Å². The number of unbranched alkanes of at least 4 members (excludes halogenated alkanes) is 1. The van der Waals surface area contributed by atoms with Crippen molar-refractivity contribution in [1.82, 2.24) is 19.2 Å². The highest BCUT2D eigenvalue weighted by atomic mass is 32.2. The summed E-state index contributed by atoms with van der Waals surface area (Å²) in [7, 11) is -8.17. The lowest BCUT2D eigenvalue weighted by Crippen LogP contribution is -2.53. The minimum atomic E-state index is -4.15. The number of Topliss-reactive ketones (excluding diaryl/α,β-unsaturated/α-hetero) is 2. The predicted molar refractivity (Wildman–Crippen MR) is 260 cm³/mol. The molecule has 0 fully saturated rings. The van der Waals surface area contributed by atoms with E-state index in [9.17, 15) is 36.0 Å². The first-order valence-electron chi connectivity index (χ1n) is 22.8. The van der Waals surface area contributed by atoms with Crippen molar-refractivity contribution >= 4 is 43.4 Å². The summed E-state index contributed by atoms with van der Waals surface area (Å²) in [6, 6.07) is 35.1. The number of nitrogens with zero attached hydrogens (tertiary/aromatic N) is 2. The van der Waals surface area contributed by atoms with Crippen LogP contribution in [0.15, 0.2) is 121 Å². The standard InChI is InChI=1S/C50H68N6O8S2/c1-3-45(31-41-20-10-5-11-21-41)50(60)53-46(32-42-22-12-6-13-23-42)36-56(65(61,62)29-28-52)37-49(59)54-47(26-16-17-27-51)48(58)33-44(30-40-18-8-4-9-19-40)35-55(34-39(2)57)66(63,64)38-43-24-14-7-15-25-43/h4-15,18-25,44-47H,3,16-17,26-38,51-52H2,1-2H3,(H,53,60)(H,54,59). The SMILES string of the molecule is CCC(Cc1ccccc1)C(=O)NC(Cc1ccccc1)CN(CC(=O)NC(CCCCN)C(=O)CC(Cc1ccccc1)CN(CC(C)=O)S(=O)(=O)Cc1ccccc1)S(=O)(=O)CCN. The summed E-state index contributed by atoms with van der Waals surface area (Å²) in [5, 5.41) is 5.92. The molecule has 0 aliphatic carbocycles. The molecule has 358 valence electrons. The normalized spacial score (nSPS) is 13.7. The number of nitrogens with one attached hydrogen (secondary N) is 2. The first kappa shape index (κ1) is 53.5. The van der Waals surface area contributed by atoms with Gasteiger partial charge in [-0.1, -0.05) is 128 Å². The quantitative estimate of drug-likeness (QED) is 0.0521. The van der Waals surface area contributed by atoms with E-state index in [4.69, 9.17) is 11.5 Å². The van der Waals surface area contributed by atoms with Crippen LogP contribution in [0.3, 0.4) is 0 Å². The summed E-state index contributed by atoms with van der Waals surface area (Å²) >= 11 is 0. The molecule has 0 aliphatic heterocycles. The summed E-state index contributed by atoms with van der Waals surface area (Å²) < 4.78 is 57.7. The van der Waals surface area contributed by atoms with Crippen molar-refractivity contribution in [1.29, 1.82) is 0 Å². The van der Waals surface area contributed by atoms with Gasteiger partial charge in [0.2, 0.25) is 31.9 Å². The maximum atomic E-state index is 14.5. The Morgan fingerprint density at radius 2 is 1.12 bits per heavy atom. The number of nitrogens with two attached hydrogens (primary N) is 2. The van der Waals surface area contributed by atoms with Crippen molar-refractivity contribution in [2.75, 3.05) is 45.0 Å². The number of carbonyl (C=O) groups excluding carboxylic acids is 4. The third-order valence-corrected chi connectivity index (χ3v) is 14.9. The molecule has 0 aliphatic rings. The van der Waals surface area contributed by atoms with Gasteiger partial charge in [-0.25, -0.2) is 16.8 Å². The maximum absolute atomic E-state index is 14.5. The van der Waals surface area contributed by atoms with Crippen LogP contribution in [0.25, 0.3) is 0 Å². The largest absolute Gasteiger partial charge is 0.351 e. The van der Waals surface area contributed by atoms with Gasteiger partial charge in [-0.15, -0.1) is 0 Å². The number of sulfonamides is 2. The smallest absolute Gasteiger partial charge is 0.235 e. The molecule has 4 rings (SSSR count). The molecule has 0 radical (unpaired) electrons. The van der Waals surface area contributed by atoms with E-state index >= 15 is 0 Å². The van der Waals surface area contributed by atoms with Gasteiger partial charge in [-0.3, -0.25) is 19.2 Å². The van der Waals surface area contributed by atoms with Gasteiger partial charge >= 0.3 is 0 Å². The van der Waals surface area contributed by atoms with Crippen molar-refractivity contribution in [3.63, 3.8) is 0 Å². The number of rotatable bonds is 31. The molecule has 0 saturated heterocycles. The Kier molecular flexibility index (Phi) is 22.3. The third kappa shape index (κ3) is 18.6. The highest BCUT2D eigenvalue weighted by molar-refractivity contribution is 7.89. The van der Waals surface area contributed by atoms with Crippen LogP contribution in [0, 0.1) is 11.8 Å². The van der Waals surface area contributed by atoms with E-state index in [1.807, 2.05) is 97.9 Å². The van der Waals surface area contributed by atoms with Gasteiger partial charge in [0.25, 0.3) is 0 Å². The summed E-state index contributed by atoms with van der Waals surface area (Å²) in [5.74, 6) is -3.50. The van der Waals surface area contributed by atoms with E-state index in [1.54, 1.807) is 30.3 Å². The topological polar surface area (TPSA) is 219 Å². The molecule has 0 spiro atoms. The van der Waals surface area contributed by atoms with Gasteiger partial charge in [-0.05, 0) is 86.6 Å². The molecule has 2 amide bonds. The van der Waals surface area contributed by atoms with E-state index in [0.29, 0.717) is 44.2 Å². The van der Waals surface area contributed by atoms with Crippen LogP contribution in [-0.2, 0) is 64.2 Å². The summed E-state index contributed by atoms with van der Waals surface area (Å²) in [5.41, 5.74) is 14.8. The van der Waals surface area contributed by atoms with Crippen molar-refractivity contribution in [2.45, 2.75) is 83.1 Å². The maximum Gasteiger partial charge on any atom is 0.235 e. The van der Waals surface area contributed by atoms with Gasteiger partial charge in [0.15, 0.2) is 5.78 Å². The molecule has 4 aromatic carbocycles. The molecule has 4 unspecified atom stereocenters. The zero-order valence-electron chi connectivity index (χ0n) is 38.3. The summed E-state index contributed by atoms with van der Waals surface area (Å²) in [6.07, 6.45) is 2.68. The van der Waals surface area contributed by atoms with Crippen molar-refractivity contribution < 1.29 is 36.0 Å². The van der Waals surface area contributed by atoms with E-state index in [0.717, 1.165) is 25.3 Å². The Balaban J connectivity index is 1.60. The Morgan fingerprint density at radius 3 is 1.64 bits per heavy atom. The predicted octanol–water partition coefficient (Wildman–Crippen LogP) is 4.43. The van der Waals surface area contributed by atoms with Crippen LogP contribution in [-0.4, -0.2) is 106 Å². The van der Waals surface area contributed by atoms with Crippen molar-refractivity contribution in [3.05, 3.63) is 144 Å². The Labute approximate surface area is 392 Å². The summed E-state index contributed by atoms with van der Waals surface area (Å²) in [4.78, 5) is 55.0. The van der Waals surface area contributed by atoms with Gasteiger partial charge < -0.3 is 22.1 Å². The molecule has 0 aromatic heterocycles.